The maximum absolute atomic E-state index is 10.5. The van der Waals surface area contributed by atoms with Gasteiger partial charge in [0.05, 0.1) is 12.0 Å². The number of hydrogen-bond donors (Lipinski definition) is 2. The highest BCUT2D eigenvalue weighted by molar-refractivity contribution is 5.73. The van der Waals surface area contributed by atoms with Crippen molar-refractivity contribution in [3.63, 3.8) is 0 Å². The van der Waals surface area contributed by atoms with Crippen LogP contribution >= 0.6 is 0 Å². The van der Waals surface area contributed by atoms with E-state index in [0.717, 1.165) is 0 Å². The van der Waals surface area contributed by atoms with Crippen LogP contribution in [0.1, 0.15) is 26.5 Å². The summed E-state index contributed by atoms with van der Waals surface area (Å²) in [5.41, 5.74) is 6.08. The number of nitrogens with two attached hydrogens (primary N) is 1. The Bertz CT molecular complexity index is 352. The first-order valence-corrected chi connectivity index (χ1v) is 4.82. The van der Waals surface area contributed by atoms with Gasteiger partial charge in [0.1, 0.15) is 6.04 Å². The molecule has 1 atom stereocenters. The van der Waals surface area contributed by atoms with Gasteiger partial charge >= 0.3 is 5.97 Å². The van der Waals surface area contributed by atoms with Crippen LogP contribution in [0.25, 0.3) is 0 Å². The molecule has 0 fully saturated rings. The molecule has 0 spiro atoms. The average Bonchev–Trinajstić information content (AvgIpc) is 2.51. The molecule has 3 N–H and O–H groups in total. The van der Waals surface area contributed by atoms with Crippen molar-refractivity contribution >= 4 is 5.97 Å². The fourth-order valence-electron chi connectivity index (χ4n) is 1.15. The van der Waals surface area contributed by atoms with Gasteiger partial charge in [-0.2, -0.15) is 0 Å². The normalized spacial score (nSPS) is 13.9. The van der Waals surface area contributed by atoms with Crippen LogP contribution in [0.4, 0.5) is 0 Å². The summed E-state index contributed by atoms with van der Waals surface area (Å²) in [5, 5.41) is 8.65. The van der Waals surface area contributed by atoms with Gasteiger partial charge in [0, 0.05) is 18.2 Å². The molecule has 0 saturated carbocycles. The highest BCUT2D eigenvalue weighted by atomic mass is 16.4. The predicted octanol–water partition coefficient (Wildman–Crippen LogP) is 0.592. The number of aliphatic carboxylic acids is 1. The van der Waals surface area contributed by atoms with E-state index in [1.54, 1.807) is 6.33 Å². The summed E-state index contributed by atoms with van der Waals surface area (Å²) in [4.78, 5) is 14.7. The first kappa shape index (κ1) is 11.7. The second-order valence-electron chi connectivity index (χ2n) is 4.59. The Balaban J connectivity index is 2.73. The van der Waals surface area contributed by atoms with E-state index in [2.05, 4.69) is 25.8 Å². The van der Waals surface area contributed by atoms with Crippen molar-refractivity contribution in [2.45, 2.75) is 38.8 Å². The third-order valence-electron chi connectivity index (χ3n) is 2.16. The van der Waals surface area contributed by atoms with E-state index < -0.39 is 12.0 Å². The SMILES string of the molecule is CC(C)(C)n1cnc(C[C@H](N)C(=O)O)c1. The summed E-state index contributed by atoms with van der Waals surface area (Å²) < 4.78 is 1.94. The quantitative estimate of drug-likeness (QED) is 0.766. The molecule has 15 heavy (non-hydrogen) atoms. The standard InChI is InChI=1S/C10H17N3O2/c1-10(2,3)13-5-7(12-6-13)4-8(11)9(14)15/h5-6,8H,4,11H2,1-3H3,(H,14,15)/t8-/m0/s1. The predicted molar refractivity (Wildman–Crippen MR) is 56.5 cm³/mol. The summed E-state index contributed by atoms with van der Waals surface area (Å²) in [6.45, 7) is 6.15. The van der Waals surface area contributed by atoms with Crippen LogP contribution in [-0.4, -0.2) is 26.7 Å². The third-order valence-corrected chi connectivity index (χ3v) is 2.16. The molecule has 0 aliphatic rings. The fourth-order valence-corrected chi connectivity index (χ4v) is 1.15. The Morgan fingerprint density at radius 1 is 1.67 bits per heavy atom. The Morgan fingerprint density at radius 3 is 2.67 bits per heavy atom. The average molecular weight is 211 g/mol. The smallest absolute Gasteiger partial charge is 0.320 e. The number of carboxylic acid groups (broad SMARTS) is 1. The molecule has 0 aromatic carbocycles. The molecule has 0 amide bonds. The first-order chi connectivity index (χ1) is 6.80. The number of hydrogen-bond acceptors (Lipinski definition) is 3. The summed E-state index contributed by atoms with van der Waals surface area (Å²) in [7, 11) is 0. The third kappa shape index (κ3) is 3.06. The van der Waals surface area contributed by atoms with Crippen molar-refractivity contribution in [1.29, 1.82) is 0 Å². The second-order valence-corrected chi connectivity index (χ2v) is 4.59. The van der Waals surface area contributed by atoms with Gasteiger partial charge in [0.15, 0.2) is 0 Å². The number of carbonyl (C=O) groups is 1. The molecule has 0 radical (unpaired) electrons. The van der Waals surface area contributed by atoms with Gasteiger partial charge in [-0.1, -0.05) is 0 Å². The van der Waals surface area contributed by atoms with E-state index in [1.165, 1.54) is 0 Å². The van der Waals surface area contributed by atoms with Crippen molar-refractivity contribution in [2.24, 2.45) is 5.73 Å². The van der Waals surface area contributed by atoms with Gasteiger partial charge in [-0.3, -0.25) is 4.79 Å². The molecule has 5 heteroatoms. The van der Waals surface area contributed by atoms with Crippen molar-refractivity contribution in [2.75, 3.05) is 0 Å². The zero-order chi connectivity index (χ0) is 11.6. The fraction of sp³-hybridized carbons (Fsp3) is 0.600. The lowest BCUT2D eigenvalue weighted by Crippen LogP contribution is -2.32. The lowest BCUT2D eigenvalue weighted by atomic mass is 10.1. The van der Waals surface area contributed by atoms with Crippen molar-refractivity contribution in [3.8, 4) is 0 Å². The lowest BCUT2D eigenvalue weighted by molar-refractivity contribution is -0.138. The van der Waals surface area contributed by atoms with Crippen molar-refractivity contribution in [3.05, 3.63) is 18.2 Å². The van der Waals surface area contributed by atoms with Gasteiger partial charge < -0.3 is 15.4 Å². The van der Waals surface area contributed by atoms with Crippen LogP contribution in [-0.2, 0) is 16.8 Å². The number of imidazole rings is 1. The monoisotopic (exact) mass is 211 g/mol. The van der Waals surface area contributed by atoms with Crippen molar-refractivity contribution in [1.82, 2.24) is 9.55 Å². The summed E-state index contributed by atoms with van der Waals surface area (Å²) in [5.74, 6) is -1.000. The summed E-state index contributed by atoms with van der Waals surface area (Å²) in [6, 6.07) is -0.881. The van der Waals surface area contributed by atoms with Gasteiger partial charge in [-0.05, 0) is 20.8 Å². The molecular weight excluding hydrogens is 194 g/mol. The molecule has 84 valence electrons. The van der Waals surface area contributed by atoms with Crippen LogP contribution in [0.2, 0.25) is 0 Å². The molecular formula is C10H17N3O2. The van der Waals surface area contributed by atoms with E-state index in [9.17, 15) is 4.79 Å². The second kappa shape index (κ2) is 4.02. The van der Waals surface area contributed by atoms with Gasteiger partial charge in [0.25, 0.3) is 0 Å². The molecule has 0 saturated heterocycles. The molecule has 0 bridgehead atoms. The minimum Gasteiger partial charge on any atom is -0.480 e. The molecule has 1 rings (SSSR count). The van der Waals surface area contributed by atoms with E-state index in [-0.39, 0.29) is 12.0 Å². The Hall–Kier alpha value is -1.36. The number of aromatic nitrogens is 2. The van der Waals surface area contributed by atoms with E-state index in [4.69, 9.17) is 10.8 Å². The van der Waals surface area contributed by atoms with Crippen LogP contribution in [0, 0.1) is 0 Å². The van der Waals surface area contributed by atoms with Gasteiger partial charge in [0.2, 0.25) is 0 Å². The zero-order valence-corrected chi connectivity index (χ0v) is 9.27. The highest BCUT2D eigenvalue weighted by Gasteiger charge is 2.17. The largest absolute Gasteiger partial charge is 0.480 e. The highest BCUT2D eigenvalue weighted by Crippen LogP contribution is 2.14. The maximum atomic E-state index is 10.5. The molecule has 0 aliphatic carbocycles. The summed E-state index contributed by atoms with van der Waals surface area (Å²) >= 11 is 0. The molecule has 0 unspecified atom stereocenters. The minimum atomic E-state index is -1.000. The minimum absolute atomic E-state index is 0.0431. The van der Waals surface area contributed by atoms with Crippen LogP contribution < -0.4 is 5.73 Å². The van der Waals surface area contributed by atoms with Crippen LogP contribution in [0.15, 0.2) is 12.5 Å². The summed E-state index contributed by atoms with van der Waals surface area (Å²) in [6.07, 6.45) is 3.80. The molecule has 1 aromatic heterocycles. The first-order valence-electron chi connectivity index (χ1n) is 4.82. The van der Waals surface area contributed by atoms with Gasteiger partial charge in [-0.15, -0.1) is 0 Å². The molecule has 1 aromatic rings. The Morgan fingerprint density at radius 2 is 2.27 bits per heavy atom. The Kier molecular flexibility index (Phi) is 3.14. The van der Waals surface area contributed by atoms with E-state index in [0.29, 0.717) is 5.69 Å². The van der Waals surface area contributed by atoms with E-state index >= 15 is 0 Å². The Labute approximate surface area is 88.9 Å². The van der Waals surface area contributed by atoms with Gasteiger partial charge in [-0.25, -0.2) is 4.98 Å². The number of carboxylic acids is 1. The molecule has 5 nitrogen and oxygen atoms in total. The zero-order valence-electron chi connectivity index (χ0n) is 9.27. The van der Waals surface area contributed by atoms with Crippen molar-refractivity contribution < 1.29 is 9.90 Å². The maximum Gasteiger partial charge on any atom is 0.320 e. The van der Waals surface area contributed by atoms with Crippen LogP contribution in [0.5, 0.6) is 0 Å². The van der Waals surface area contributed by atoms with Crippen LogP contribution in [0.3, 0.4) is 0 Å². The van der Waals surface area contributed by atoms with E-state index in [1.807, 2.05) is 10.8 Å². The lowest BCUT2D eigenvalue weighted by Gasteiger charge is -2.19. The topological polar surface area (TPSA) is 81.1 Å². The number of nitrogens with zero attached hydrogens (tertiary/aromatic N) is 2. The molecule has 0 aliphatic heterocycles. The molecule has 1 heterocycles. The number of rotatable bonds is 3.